The molecule has 3 rings (SSSR count). The van der Waals surface area contributed by atoms with Gasteiger partial charge in [0.05, 0.1) is 5.69 Å². The third kappa shape index (κ3) is 1.89. The Labute approximate surface area is 110 Å². The summed E-state index contributed by atoms with van der Waals surface area (Å²) in [6.45, 7) is 1.94. The van der Waals surface area contributed by atoms with Crippen LogP contribution in [0.4, 0.5) is 5.69 Å². The predicted molar refractivity (Wildman–Crippen MR) is 74.2 cm³/mol. The summed E-state index contributed by atoms with van der Waals surface area (Å²) < 4.78 is 1.56. The first-order valence-electron chi connectivity index (χ1n) is 6.03. The van der Waals surface area contributed by atoms with E-state index in [2.05, 4.69) is 15.4 Å². The van der Waals surface area contributed by atoms with E-state index in [-0.39, 0.29) is 5.91 Å². The highest BCUT2D eigenvalue weighted by atomic mass is 16.2. The van der Waals surface area contributed by atoms with Crippen LogP contribution in [0.5, 0.6) is 0 Å². The second kappa shape index (κ2) is 4.28. The van der Waals surface area contributed by atoms with Crippen LogP contribution in [0.2, 0.25) is 0 Å². The molecule has 2 heterocycles. The van der Waals surface area contributed by atoms with E-state index in [1.165, 1.54) is 0 Å². The van der Waals surface area contributed by atoms with Crippen molar-refractivity contribution >= 4 is 22.5 Å². The number of para-hydroxylation sites is 1. The van der Waals surface area contributed by atoms with Gasteiger partial charge in [-0.15, -0.1) is 0 Å². The molecule has 1 amide bonds. The van der Waals surface area contributed by atoms with Gasteiger partial charge in [-0.1, -0.05) is 18.2 Å². The molecule has 0 saturated carbocycles. The molecule has 5 nitrogen and oxygen atoms in total. The van der Waals surface area contributed by atoms with Crippen molar-refractivity contribution in [3.05, 3.63) is 47.9 Å². The van der Waals surface area contributed by atoms with Crippen molar-refractivity contribution in [3.8, 4) is 0 Å². The van der Waals surface area contributed by atoms with Gasteiger partial charge >= 0.3 is 0 Å². The number of hydrogen-bond donors (Lipinski definition) is 2. The van der Waals surface area contributed by atoms with Gasteiger partial charge in [-0.2, -0.15) is 5.10 Å². The summed E-state index contributed by atoms with van der Waals surface area (Å²) in [5, 5.41) is 7.95. The van der Waals surface area contributed by atoms with E-state index in [9.17, 15) is 4.79 Å². The van der Waals surface area contributed by atoms with E-state index in [1.54, 1.807) is 24.0 Å². The van der Waals surface area contributed by atoms with Crippen molar-refractivity contribution in [3.63, 3.8) is 0 Å². The maximum atomic E-state index is 12.2. The second-order valence-electron chi connectivity index (χ2n) is 4.46. The zero-order chi connectivity index (χ0) is 13.4. The first-order valence-corrected chi connectivity index (χ1v) is 6.03. The molecule has 1 aromatic carbocycles. The van der Waals surface area contributed by atoms with Crippen LogP contribution in [-0.2, 0) is 7.05 Å². The minimum absolute atomic E-state index is 0.159. The van der Waals surface area contributed by atoms with Gasteiger partial charge in [-0.25, -0.2) is 0 Å². The van der Waals surface area contributed by atoms with Crippen LogP contribution in [-0.4, -0.2) is 20.7 Å². The SMILES string of the molecule is Cc1[nH]c2ccccc2c1NC(=O)c1ccnn1C. The summed E-state index contributed by atoms with van der Waals surface area (Å²) in [5.41, 5.74) is 3.31. The molecule has 0 aliphatic carbocycles. The molecule has 0 radical (unpaired) electrons. The van der Waals surface area contributed by atoms with Gasteiger partial charge in [0.15, 0.2) is 0 Å². The average molecular weight is 254 g/mol. The number of fused-ring (bicyclic) bond motifs is 1. The van der Waals surface area contributed by atoms with Crippen molar-refractivity contribution in [1.29, 1.82) is 0 Å². The van der Waals surface area contributed by atoms with E-state index in [1.807, 2.05) is 31.2 Å². The lowest BCUT2D eigenvalue weighted by Gasteiger charge is -2.05. The highest BCUT2D eigenvalue weighted by molar-refractivity contribution is 6.09. The first kappa shape index (κ1) is 11.5. The molecule has 5 heteroatoms. The van der Waals surface area contributed by atoms with E-state index in [4.69, 9.17) is 0 Å². The number of nitrogens with one attached hydrogen (secondary N) is 2. The number of rotatable bonds is 2. The minimum Gasteiger partial charge on any atom is -0.357 e. The van der Waals surface area contributed by atoms with E-state index < -0.39 is 0 Å². The number of aromatic nitrogens is 3. The highest BCUT2D eigenvalue weighted by Gasteiger charge is 2.14. The maximum Gasteiger partial charge on any atom is 0.273 e. The molecule has 0 saturated heterocycles. The number of carbonyl (C=O) groups excluding carboxylic acids is 1. The van der Waals surface area contributed by atoms with Gasteiger partial charge in [0, 0.05) is 29.8 Å². The Morgan fingerprint density at radius 2 is 2.11 bits per heavy atom. The van der Waals surface area contributed by atoms with Gasteiger partial charge in [-0.05, 0) is 19.1 Å². The summed E-state index contributed by atoms with van der Waals surface area (Å²) in [4.78, 5) is 15.5. The third-order valence-corrected chi connectivity index (χ3v) is 3.19. The molecule has 3 aromatic rings. The van der Waals surface area contributed by atoms with Crippen LogP contribution >= 0.6 is 0 Å². The fourth-order valence-electron chi connectivity index (χ4n) is 2.21. The van der Waals surface area contributed by atoms with Crippen molar-refractivity contribution in [2.75, 3.05) is 5.32 Å². The number of benzene rings is 1. The Hall–Kier alpha value is -2.56. The lowest BCUT2D eigenvalue weighted by Crippen LogP contribution is -2.16. The van der Waals surface area contributed by atoms with E-state index in [0.717, 1.165) is 22.3 Å². The van der Waals surface area contributed by atoms with Crippen molar-refractivity contribution in [2.45, 2.75) is 6.92 Å². The smallest absolute Gasteiger partial charge is 0.273 e. The summed E-state index contributed by atoms with van der Waals surface area (Å²) in [6, 6.07) is 9.58. The first-order chi connectivity index (χ1) is 9.16. The molecule has 0 unspecified atom stereocenters. The van der Waals surface area contributed by atoms with Crippen molar-refractivity contribution < 1.29 is 4.79 Å². The number of aryl methyl sites for hydroxylation is 2. The largest absolute Gasteiger partial charge is 0.357 e. The quantitative estimate of drug-likeness (QED) is 0.738. The van der Waals surface area contributed by atoms with Crippen LogP contribution in [0, 0.1) is 6.92 Å². The van der Waals surface area contributed by atoms with Crippen molar-refractivity contribution in [2.24, 2.45) is 7.05 Å². The summed E-state index contributed by atoms with van der Waals surface area (Å²) in [7, 11) is 1.75. The van der Waals surface area contributed by atoms with E-state index >= 15 is 0 Å². The second-order valence-corrected chi connectivity index (χ2v) is 4.46. The molecule has 2 aromatic heterocycles. The Balaban J connectivity index is 2.00. The van der Waals surface area contributed by atoms with Crippen LogP contribution in [0.1, 0.15) is 16.2 Å². The fourth-order valence-corrected chi connectivity index (χ4v) is 2.21. The number of aromatic amines is 1. The summed E-state index contributed by atoms with van der Waals surface area (Å²) in [5.74, 6) is -0.159. The lowest BCUT2D eigenvalue weighted by atomic mass is 10.2. The molecule has 96 valence electrons. The number of amides is 1. The zero-order valence-electron chi connectivity index (χ0n) is 10.8. The standard InChI is InChI=1S/C14H14N4O/c1-9-13(10-5-3-4-6-11(10)16-9)17-14(19)12-7-8-15-18(12)2/h3-8,16H,1-2H3,(H,17,19). The Morgan fingerprint density at radius 3 is 2.84 bits per heavy atom. The van der Waals surface area contributed by atoms with Crippen LogP contribution in [0.3, 0.4) is 0 Å². The molecule has 0 aliphatic rings. The van der Waals surface area contributed by atoms with Crippen LogP contribution in [0.25, 0.3) is 10.9 Å². The molecule has 0 bridgehead atoms. The Kier molecular flexibility index (Phi) is 2.59. The van der Waals surface area contributed by atoms with Gasteiger partial charge in [0.2, 0.25) is 0 Å². The van der Waals surface area contributed by atoms with Gasteiger partial charge in [0.25, 0.3) is 5.91 Å². The molecular weight excluding hydrogens is 240 g/mol. The number of carbonyl (C=O) groups is 1. The molecule has 0 aliphatic heterocycles. The highest BCUT2D eigenvalue weighted by Crippen LogP contribution is 2.27. The van der Waals surface area contributed by atoms with Crippen molar-refractivity contribution in [1.82, 2.24) is 14.8 Å². The maximum absolute atomic E-state index is 12.2. The predicted octanol–water partition coefficient (Wildman–Crippen LogP) is 2.46. The average Bonchev–Trinajstić information content (AvgIpc) is 2.94. The summed E-state index contributed by atoms with van der Waals surface area (Å²) in [6.07, 6.45) is 1.61. The lowest BCUT2D eigenvalue weighted by molar-refractivity contribution is 0.101. The molecule has 2 N–H and O–H groups in total. The van der Waals surface area contributed by atoms with Crippen LogP contribution < -0.4 is 5.32 Å². The Morgan fingerprint density at radius 1 is 1.32 bits per heavy atom. The number of hydrogen-bond acceptors (Lipinski definition) is 2. The van der Waals surface area contributed by atoms with Crippen LogP contribution in [0.15, 0.2) is 36.5 Å². The number of H-pyrrole nitrogens is 1. The summed E-state index contributed by atoms with van der Waals surface area (Å²) >= 11 is 0. The molecule has 0 spiro atoms. The Bertz CT molecular complexity index is 754. The number of nitrogens with zero attached hydrogens (tertiary/aromatic N) is 2. The van der Waals surface area contributed by atoms with Gasteiger partial charge in [-0.3, -0.25) is 9.48 Å². The molecular formula is C14H14N4O. The topological polar surface area (TPSA) is 62.7 Å². The fraction of sp³-hybridized carbons (Fsp3) is 0.143. The normalized spacial score (nSPS) is 10.8. The van der Waals surface area contributed by atoms with E-state index in [0.29, 0.717) is 5.69 Å². The van der Waals surface area contributed by atoms with Gasteiger partial charge < -0.3 is 10.3 Å². The minimum atomic E-state index is -0.159. The number of anilines is 1. The van der Waals surface area contributed by atoms with Gasteiger partial charge in [0.1, 0.15) is 5.69 Å². The third-order valence-electron chi connectivity index (χ3n) is 3.19. The monoisotopic (exact) mass is 254 g/mol. The molecule has 0 fully saturated rings. The molecule has 19 heavy (non-hydrogen) atoms. The zero-order valence-corrected chi connectivity index (χ0v) is 10.8. The molecule has 0 atom stereocenters.